The minimum absolute atomic E-state index is 0.0666. The van der Waals surface area contributed by atoms with Gasteiger partial charge in [0.15, 0.2) is 0 Å². The van der Waals surface area contributed by atoms with Gasteiger partial charge >= 0.3 is 0 Å². The number of ether oxygens (including phenoxy) is 3. The Morgan fingerprint density at radius 2 is 1.97 bits per heavy atom. The van der Waals surface area contributed by atoms with Gasteiger partial charge in [-0.15, -0.1) is 0 Å². The Hall–Kier alpha value is -3.09. The molecule has 1 aliphatic rings. The van der Waals surface area contributed by atoms with Gasteiger partial charge in [0.1, 0.15) is 17.6 Å². The molecule has 2 aromatic carbocycles. The maximum Gasteiger partial charge on any atom is 0.213 e. The molecule has 1 unspecified atom stereocenters. The summed E-state index contributed by atoms with van der Waals surface area (Å²) in [6.07, 6.45) is 3.25. The van der Waals surface area contributed by atoms with Crippen molar-refractivity contribution in [2.45, 2.75) is 32.0 Å². The van der Waals surface area contributed by atoms with Crippen LogP contribution in [0.2, 0.25) is 0 Å². The number of aliphatic hydroxyl groups excluding tert-OH is 1. The van der Waals surface area contributed by atoms with Gasteiger partial charge in [-0.05, 0) is 49.2 Å². The Labute approximate surface area is 189 Å². The van der Waals surface area contributed by atoms with E-state index in [-0.39, 0.29) is 18.8 Å². The first kappa shape index (κ1) is 22.1. The molecule has 2 atom stereocenters. The molecule has 1 saturated heterocycles. The van der Waals surface area contributed by atoms with Gasteiger partial charge in [-0.3, -0.25) is 0 Å². The smallest absolute Gasteiger partial charge is 0.213 e. The molecule has 0 radical (unpaired) electrons. The van der Waals surface area contributed by atoms with Crippen LogP contribution in [0.4, 0.5) is 5.69 Å². The molecule has 0 saturated carbocycles. The Bertz CT molecular complexity index is 1010. The van der Waals surface area contributed by atoms with Gasteiger partial charge < -0.3 is 24.2 Å². The van der Waals surface area contributed by atoms with Crippen LogP contribution in [0.3, 0.4) is 0 Å². The first-order valence-electron chi connectivity index (χ1n) is 11.0. The second-order valence-corrected chi connectivity index (χ2v) is 7.92. The van der Waals surface area contributed by atoms with Crippen LogP contribution in [0.5, 0.6) is 17.4 Å². The molecule has 0 spiro atoms. The Balaban J connectivity index is 1.50. The van der Waals surface area contributed by atoms with Crippen LogP contribution >= 0.6 is 0 Å². The molecule has 2 heterocycles. The number of aromatic nitrogens is 1. The highest BCUT2D eigenvalue weighted by Crippen LogP contribution is 2.34. The summed E-state index contributed by atoms with van der Waals surface area (Å²) in [5.74, 6) is 2.17. The van der Waals surface area contributed by atoms with Crippen LogP contribution in [0.1, 0.15) is 30.6 Å². The molecule has 1 aliphatic heterocycles. The van der Waals surface area contributed by atoms with E-state index in [1.54, 1.807) is 13.3 Å². The maximum absolute atomic E-state index is 9.65. The van der Waals surface area contributed by atoms with E-state index in [1.807, 2.05) is 61.5 Å². The minimum Gasteiger partial charge on any atom is -0.472 e. The number of aliphatic hydroxyl groups is 1. The number of para-hydroxylation sites is 1. The Morgan fingerprint density at radius 1 is 1.12 bits per heavy atom. The highest BCUT2D eigenvalue weighted by molar-refractivity contribution is 5.58. The van der Waals surface area contributed by atoms with Crippen molar-refractivity contribution in [3.05, 3.63) is 78.0 Å². The lowest BCUT2D eigenvalue weighted by Crippen LogP contribution is -2.25. The predicted octanol–water partition coefficient (Wildman–Crippen LogP) is 4.77. The summed E-state index contributed by atoms with van der Waals surface area (Å²) >= 11 is 0. The minimum atomic E-state index is -0.0666. The maximum atomic E-state index is 9.65. The van der Waals surface area contributed by atoms with Gasteiger partial charge in [0.05, 0.1) is 12.6 Å². The standard InChI is InChI=1S/C26H30N2O4/c1-19(30-2)23-7-3-4-8-25(23)31-21-10-11-24(20(17-21)13-16-29)28-15-12-22(18-28)32-26-9-5-6-14-27-26/h3-11,14,17,19,22,29H,12-13,15-16,18H2,1-2H3/t19?,22-/m0/s1. The van der Waals surface area contributed by atoms with Crippen molar-refractivity contribution in [3.8, 4) is 17.4 Å². The fourth-order valence-corrected chi connectivity index (χ4v) is 4.05. The van der Waals surface area contributed by atoms with E-state index >= 15 is 0 Å². The molecule has 1 N–H and O–H groups in total. The number of benzene rings is 2. The van der Waals surface area contributed by atoms with Gasteiger partial charge in [-0.2, -0.15) is 0 Å². The number of pyridine rings is 1. The lowest BCUT2D eigenvalue weighted by atomic mass is 10.1. The molecule has 3 aromatic rings. The number of rotatable bonds is 9. The molecule has 6 heteroatoms. The normalized spacial score (nSPS) is 16.7. The van der Waals surface area contributed by atoms with E-state index in [0.29, 0.717) is 12.3 Å². The number of hydrogen-bond donors (Lipinski definition) is 1. The summed E-state index contributed by atoms with van der Waals surface area (Å²) < 4.78 is 17.7. The first-order valence-corrected chi connectivity index (χ1v) is 11.0. The molecule has 0 bridgehead atoms. The first-order chi connectivity index (χ1) is 15.7. The SMILES string of the molecule is COC(C)c1ccccc1Oc1ccc(N2CC[C@H](Oc3ccccn3)C2)c(CCO)c1. The summed E-state index contributed by atoms with van der Waals surface area (Å²) in [4.78, 5) is 6.57. The summed E-state index contributed by atoms with van der Waals surface area (Å²) in [5, 5.41) is 9.65. The molecule has 0 aliphatic carbocycles. The lowest BCUT2D eigenvalue weighted by Gasteiger charge is -2.23. The van der Waals surface area contributed by atoms with Gasteiger partial charge in [0, 0.05) is 50.2 Å². The Morgan fingerprint density at radius 3 is 2.75 bits per heavy atom. The molecule has 1 aromatic heterocycles. The third kappa shape index (κ3) is 5.21. The Kier molecular flexibility index (Phi) is 7.24. The average Bonchev–Trinajstić information content (AvgIpc) is 3.28. The number of anilines is 1. The largest absolute Gasteiger partial charge is 0.472 e. The monoisotopic (exact) mass is 434 g/mol. The van der Waals surface area contributed by atoms with E-state index in [4.69, 9.17) is 14.2 Å². The highest BCUT2D eigenvalue weighted by Gasteiger charge is 2.26. The van der Waals surface area contributed by atoms with Gasteiger partial charge in [-0.1, -0.05) is 24.3 Å². The molecule has 32 heavy (non-hydrogen) atoms. The van der Waals surface area contributed by atoms with E-state index in [2.05, 4.69) is 16.0 Å². The number of hydrogen-bond acceptors (Lipinski definition) is 6. The fourth-order valence-electron chi connectivity index (χ4n) is 4.05. The third-order valence-corrected chi connectivity index (χ3v) is 5.78. The number of nitrogens with zero attached hydrogens (tertiary/aromatic N) is 2. The van der Waals surface area contributed by atoms with Crippen molar-refractivity contribution < 1.29 is 19.3 Å². The number of methoxy groups -OCH3 is 1. The second-order valence-electron chi connectivity index (χ2n) is 7.92. The topological polar surface area (TPSA) is 64.1 Å². The molecule has 1 fully saturated rings. The van der Waals surface area contributed by atoms with Gasteiger partial charge in [0.2, 0.25) is 5.88 Å². The molecule has 6 nitrogen and oxygen atoms in total. The zero-order valence-electron chi connectivity index (χ0n) is 18.6. The van der Waals surface area contributed by atoms with Crippen LogP contribution < -0.4 is 14.4 Å². The lowest BCUT2D eigenvalue weighted by molar-refractivity contribution is 0.117. The molecular weight excluding hydrogens is 404 g/mol. The van der Waals surface area contributed by atoms with Crippen molar-refractivity contribution in [2.24, 2.45) is 0 Å². The van der Waals surface area contributed by atoms with E-state index in [9.17, 15) is 5.11 Å². The summed E-state index contributed by atoms with van der Waals surface area (Å²) in [6, 6.07) is 19.7. The van der Waals surface area contributed by atoms with Crippen molar-refractivity contribution in [1.29, 1.82) is 0 Å². The van der Waals surface area contributed by atoms with Crippen LogP contribution in [0.25, 0.3) is 0 Å². The van der Waals surface area contributed by atoms with Crippen molar-refractivity contribution >= 4 is 5.69 Å². The average molecular weight is 435 g/mol. The van der Waals surface area contributed by atoms with Crippen LogP contribution in [-0.4, -0.2) is 43.0 Å². The van der Waals surface area contributed by atoms with E-state index in [0.717, 1.165) is 47.8 Å². The summed E-state index contributed by atoms with van der Waals surface area (Å²) in [7, 11) is 1.69. The third-order valence-electron chi connectivity index (χ3n) is 5.78. The van der Waals surface area contributed by atoms with Crippen molar-refractivity contribution in [3.63, 3.8) is 0 Å². The zero-order valence-corrected chi connectivity index (χ0v) is 18.6. The van der Waals surface area contributed by atoms with Crippen LogP contribution in [0.15, 0.2) is 66.9 Å². The van der Waals surface area contributed by atoms with Gasteiger partial charge in [-0.25, -0.2) is 4.98 Å². The van der Waals surface area contributed by atoms with Crippen molar-refractivity contribution in [1.82, 2.24) is 4.98 Å². The van der Waals surface area contributed by atoms with Crippen molar-refractivity contribution in [2.75, 3.05) is 31.7 Å². The highest BCUT2D eigenvalue weighted by atomic mass is 16.5. The summed E-state index contributed by atoms with van der Waals surface area (Å²) in [6.45, 7) is 3.75. The fraction of sp³-hybridized carbons (Fsp3) is 0.346. The second kappa shape index (κ2) is 10.5. The van der Waals surface area contributed by atoms with Gasteiger partial charge in [0.25, 0.3) is 0 Å². The van der Waals surface area contributed by atoms with Crippen LogP contribution in [0, 0.1) is 0 Å². The molecule has 0 amide bonds. The van der Waals surface area contributed by atoms with E-state index < -0.39 is 0 Å². The summed E-state index contributed by atoms with van der Waals surface area (Å²) in [5.41, 5.74) is 3.16. The van der Waals surface area contributed by atoms with E-state index in [1.165, 1.54) is 0 Å². The molecule has 168 valence electrons. The van der Waals surface area contributed by atoms with Crippen LogP contribution in [-0.2, 0) is 11.2 Å². The predicted molar refractivity (Wildman–Crippen MR) is 125 cm³/mol. The quantitative estimate of drug-likeness (QED) is 0.523. The molecule has 4 rings (SSSR count). The molecular formula is C26H30N2O4. The zero-order chi connectivity index (χ0) is 22.3.